The van der Waals surface area contributed by atoms with Crippen molar-refractivity contribution in [3.05, 3.63) is 75.2 Å². The van der Waals surface area contributed by atoms with E-state index >= 15 is 0 Å². The number of aryl methyl sites for hydroxylation is 1. The summed E-state index contributed by atoms with van der Waals surface area (Å²) in [6, 6.07) is 14.8. The molecule has 1 heterocycles. The lowest BCUT2D eigenvalue weighted by atomic mass is 10.1. The number of amides is 1. The van der Waals surface area contributed by atoms with Crippen LogP contribution in [-0.2, 0) is 12.8 Å². The highest BCUT2D eigenvalue weighted by molar-refractivity contribution is 7.13. The van der Waals surface area contributed by atoms with Crippen LogP contribution in [0.25, 0.3) is 0 Å². The van der Waals surface area contributed by atoms with Crippen LogP contribution in [0.15, 0.2) is 48.5 Å². The van der Waals surface area contributed by atoms with Crippen molar-refractivity contribution in [2.24, 2.45) is 0 Å². The average molecular weight is 432 g/mol. The van der Waals surface area contributed by atoms with E-state index in [-0.39, 0.29) is 17.4 Å². The molecule has 30 heavy (non-hydrogen) atoms. The van der Waals surface area contributed by atoms with E-state index in [1.54, 1.807) is 12.1 Å². The second-order valence-electron chi connectivity index (χ2n) is 6.55. The van der Waals surface area contributed by atoms with Crippen LogP contribution in [0, 0.1) is 6.92 Å². The van der Waals surface area contributed by atoms with Crippen LogP contribution in [0.1, 0.15) is 31.5 Å². The van der Waals surface area contributed by atoms with Gasteiger partial charge in [-0.2, -0.15) is 8.78 Å². The third-order valence-electron chi connectivity index (χ3n) is 4.39. The van der Waals surface area contributed by atoms with Gasteiger partial charge in [0, 0.05) is 13.0 Å². The molecule has 0 fully saturated rings. The topological polar surface area (TPSA) is 60.5 Å². The summed E-state index contributed by atoms with van der Waals surface area (Å²) >= 11 is 1.38. The monoisotopic (exact) mass is 432 g/mol. The summed E-state index contributed by atoms with van der Waals surface area (Å²) in [5.41, 5.74) is 2.58. The van der Waals surface area contributed by atoms with Gasteiger partial charge < -0.3 is 14.8 Å². The van der Waals surface area contributed by atoms with Gasteiger partial charge in [0.1, 0.15) is 4.88 Å². The lowest BCUT2D eigenvalue weighted by Gasteiger charge is -2.11. The van der Waals surface area contributed by atoms with Gasteiger partial charge in [-0.25, -0.2) is 4.98 Å². The van der Waals surface area contributed by atoms with Crippen molar-refractivity contribution in [1.29, 1.82) is 0 Å². The number of alkyl halides is 2. The molecule has 1 aromatic heterocycles. The van der Waals surface area contributed by atoms with Crippen molar-refractivity contribution in [3.63, 3.8) is 0 Å². The summed E-state index contributed by atoms with van der Waals surface area (Å²) in [5.74, 6) is 0.0105. The predicted octanol–water partition coefficient (Wildman–Crippen LogP) is 4.62. The third kappa shape index (κ3) is 5.76. The van der Waals surface area contributed by atoms with Crippen LogP contribution >= 0.6 is 11.3 Å². The molecule has 0 radical (unpaired) electrons. The molecule has 158 valence electrons. The Hall–Kier alpha value is -3.00. The predicted molar refractivity (Wildman–Crippen MR) is 112 cm³/mol. The number of rotatable bonds is 9. The standard InChI is InChI=1S/C22H22F2N2O3S/c1-14-20(30-19(26-14)13-15-6-4-3-5-7-15)21(27)25-11-10-16-8-9-17(28-2)18(12-16)29-22(23)24/h3-9,12,22H,10-11,13H2,1-2H3,(H,25,27). The van der Waals surface area contributed by atoms with E-state index in [0.29, 0.717) is 30.0 Å². The smallest absolute Gasteiger partial charge is 0.387 e. The maximum atomic E-state index is 12.6. The zero-order chi connectivity index (χ0) is 21.5. The van der Waals surface area contributed by atoms with E-state index in [1.165, 1.54) is 24.5 Å². The van der Waals surface area contributed by atoms with Crippen LogP contribution in [0.2, 0.25) is 0 Å². The van der Waals surface area contributed by atoms with E-state index < -0.39 is 6.61 Å². The number of hydrogen-bond acceptors (Lipinski definition) is 5. The number of aromatic nitrogens is 1. The Labute approximate surface area is 177 Å². The molecule has 0 spiro atoms. The van der Waals surface area contributed by atoms with Crippen molar-refractivity contribution in [3.8, 4) is 11.5 Å². The Morgan fingerprint density at radius 2 is 1.90 bits per heavy atom. The van der Waals surface area contributed by atoms with Crippen LogP contribution in [0.4, 0.5) is 8.78 Å². The van der Waals surface area contributed by atoms with E-state index in [9.17, 15) is 13.6 Å². The molecule has 8 heteroatoms. The Balaban J connectivity index is 1.58. The van der Waals surface area contributed by atoms with Crippen LogP contribution in [0.3, 0.4) is 0 Å². The Bertz CT molecular complexity index is 993. The van der Waals surface area contributed by atoms with Crippen molar-refractivity contribution in [1.82, 2.24) is 10.3 Å². The minimum atomic E-state index is -2.94. The Kier molecular flexibility index (Phi) is 7.35. The van der Waals surface area contributed by atoms with Crippen molar-refractivity contribution in [2.75, 3.05) is 13.7 Å². The highest BCUT2D eigenvalue weighted by Gasteiger charge is 2.16. The van der Waals surface area contributed by atoms with E-state index in [4.69, 9.17) is 4.74 Å². The molecule has 0 unspecified atom stereocenters. The SMILES string of the molecule is COc1ccc(CCNC(=O)c2sc(Cc3ccccc3)nc2C)cc1OC(F)F. The minimum absolute atomic E-state index is 0.0276. The van der Waals surface area contributed by atoms with E-state index in [2.05, 4.69) is 15.0 Å². The number of halogens is 2. The first-order chi connectivity index (χ1) is 14.5. The highest BCUT2D eigenvalue weighted by atomic mass is 32.1. The molecular formula is C22H22F2N2O3S. The number of carbonyl (C=O) groups is 1. The molecule has 0 saturated heterocycles. The van der Waals surface area contributed by atoms with Gasteiger partial charge in [0.05, 0.1) is 17.8 Å². The molecule has 0 aliphatic carbocycles. The fourth-order valence-electron chi connectivity index (χ4n) is 2.97. The van der Waals surface area contributed by atoms with Crippen LogP contribution in [-0.4, -0.2) is 31.2 Å². The molecule has 0 aliphatic heterocycles. The van der Waals surface area contributed by atoms with Crippen molar-refractivity contribution >= 4 is 17.2 Å². The van der Waals surface area contributed by atoms with Gasteiger partial charge in [0.25, 0.3) is 5.91 Å². The average Bonchev–Trinajstić information content (AvgIpc) is 3.08. The lowest BCUT2D eigenvalue weighted by molar-refractivity contribution is -0.0512. The van der Waals surface area contributed by atoms with Gasteiger partial charge in [-0.1, -0.05) is 36.4 Å². The summed E-state index contributed by atoms with van der Waals surface area (Å²) in [6.45, 7) is -0.768. The van der Waals surface area contributed by atoms with Crippen LogP contribution < -0.4 is 14.8 Å². The zero-order valence-electron chi connectivity index (χ0n) is 16.7. The summed E-state index contributed by atoms with van der Waals surface area (Å²) in [5, 5.41) is 3.75. The molecule has 3 aromatic rings. The van der Waals surface area contributed by atoms with Gasteiger partial charge in [0.2, 0.25) is 0 Å². The van der Waals surface area contributed by atoms with Gasteiger partial charge in [-0.05, 0) is 36.6 Å². The molecule has 3 rings (SSSR count). The number of benzene rings is 2. The van der Waals surface area contributed by atoms with Gasteiger partial charge in [-0.3, -0.25) is 4.79 Å². The van der Waals surface area contributed by atoms with Crippen LogP contribution in [0.5, 0.6) is 11.5 Å². The normalized spacial score (nSPS) is 10.8. The summed E-state index contributed by atoms with van der Waals surface area (Å²) in [4.78, 5) is 17.6. The van der Waals surface area contributed by atoms with Gasteiger partial charge in [-0.15, -0.1) is 11.3 Å². The number of methoxy groups -OCH3 is 1. The number of thiazole rings is 1. The van der Waals surface area contributed by atoms with Crippen molar-refractivity contribution < 1.29 is 23.0 Å². The summed E-state index contributed by atoms with van der Waals surface area (Å²) in [6.07, 6.45) is 1.14. The quantitative estimate of drug-likeness (QED) is 0.536. The van der Waals surface area contributed by atoms with E-state index in [1.807, 2.05) is 37.3 Å². The third-order valence-corrected chi connectivity index (χ3v) is 5.54. The largest absolute Gasteiger partial charge is 0.493 e. The minimum Gasteiger partial charge on any atom is -0.493 e. The van der Waals surface area contributed by atoms with E-state index in [0.717, 1.165) is 16.1 Å². The molecular weight excluding hydrogens is 410 g/mol. The lowest BCUT2D eigenvalue weighted by Crippen LogP contribution is -2.25. The first-order valence-corrected chi connectivity index (χ1v) is 10.2. The Morgan fingerprint density at radius 1 is 1.13 bits per heavy atom. The first kappa shape index (κ1) is 21.7. The number of nitrogens with zero attached hydrogens (tertiary/aromatic N) is 1. The van der Waals surface area contributed by atoms with Gasteiger partial charge >= 0.3 is 6.61 Å². The first-order valence-electron chi connectivity index (χ1n) is 9.36. The highest BCUT2D eigenvalue weighted by Crippen LogP contribution is 2.29. The molecule has 0 saturated carbocycles. The second-order valence-corrected chi connectivity index (χ2v) is 7.64. The number of ether oxygens (including phenoxy) is 2. The zero-order valence-corrected chi connectivity index (χ0v) is 17.5. The molecule has 1 amide bonds. The van der Waals surface area contributed by atoms with Crippen molar-refractivity contribution in [2.45, 2.75) is 26.4 Å². The maximum absolute atomic E-state index is 12.6. The molecule has 5 nitrogen and oxygen atoms in total. The molecule has 1 N–H and O–H groups in total. The molecule has 0 bridgehead atoms. The number of carbonyl (C=O) groups excluding carboxylic acids is 1. The fraction of sp³-hybridized carbons (Fsp3) is 0.273. The molecule has 0 atom stereocenters. The molecule has 0 aliphatic rings. The Morgan fingerprint density at radius 3 is 2.60 bits per heavy atom. The fourth-order valence-corrected chi connectivity index (χ4v) is 3.99. The summed E-state index contributed by atoms with van der Waals surface area (Å²) in [7, 11) is 1.39. The number of hydrogen-bond donors (Lipinski definition) is 1. The maximum Gasteiger partial charge on any atom is 0.387 e. The summed E-state index contributed by atoms with van der Waals surface area (Å²) < 4.78 is 34.6. The van der Waals surface area contributed by atoms with Gasteiger partial charge in [0.15, 0.2) is 11.5 Å². The molecule has 2 aromatic carbocycles. The number of nitrogens with one attached hydrogen (secondary N) is 1. The second kappa shape index (κ2) is 10.2.